The topological polar surface area (TPSA) is 90.2 Å². The van der Waals surface area contributed by atoms with E-state index >= 15 is 0 Å². The molecule has 5 heteroatoms. The molecule has 13 heavy (non-hydrogen) atoms. The van der Waals surface area contributed by atoms with Gasteiger partial charge in [-0.15, -0.1) is 0 Å². The van der Waals surface area contributed by atoms with Gasteiger partial charge < -0.3 is 25.2 Å². The third kappa shape index (κ3) is 1.84. The Labute approximate surface area is 76.6 Å². The third-order valence-electron chi connectivity index (χ3n) is 2.64. The zero-order valence-electron chi connectivity index (χ0n) is 7.71. The molecule has 5 atom stereocenters. The maximum atomic E-state index is 9.86. The number of hydrogen-bond donors (Lipinski definition) is 4. The van der Waals surface area contributed by atoms with Crippen LogP contribution in [-0.4, -0.2) is 50.6 Å². The summed E-state index contributed by atoms with van der Waals surface area (Å²) in [4.78, 5) is 0. The van der Waals surface area contributed by atoms with E-state index in [1.165, 1.54) is 6.92 Å². The molecular formula is C8H16O5. The van der Waals surface area contributed by atoms with Crippen LogP contribution in [0.25, 0.3) is 0 Å². The predicted octanol–water partition coefficient (Wildman–Crippen LogP) is -1.41. The van der Waals surface area contributed by atoms with Crippen LogP contribution in [0, 0.1) is 0 Å². The van der Waals surface area contributed by atoms with Crippen molar-refractivity contribution in [2.75, 3.05) is 0 Å². The smallest absolute Gasteiger partial charge is 0.181 e. The van der Waals surface area contributed by atoms with Gasteiger partial charge in [-0.3, -0.25) is 0 Å². The number of rotatable bonds is 1. The van der Waals surface area contributed by atoms with Gasteiger partial charge in [-0.2, -0.15) is 0 Å². The molecule has 0 aromatic heterocycles. The van der Waals surface area contributed by atoms with E-state index in [4.69, 9.17) is 9.84 Å². The molecule has 0 spiro atoms. The van der Waals surface area contributed by atoms with Gasteiger partial charge in [0.15, 0.2) is 6.29 Å². The average Bonchev–Trinajstić information content (AvgIpc) is 2.01. The van der Waals surface area contributed by atoms with Crippen LogP contribution in [0.5, 0.6) is 0 Å². The standard InChI is InChI=1S/C8H16O5/c1-4(9)8(12)3-6(10)7(11)13-5(8)2/h4-7,9-12H,3H2,1-2H3/t4-,5-,6-,7-,8+/m1/s1. The van der Waals surface area contributed by atoms with E-state index in [-0.39, 0.29) is 6.42 Å². The summed E-state index contributed by atoms with van der Waals surface area (Å²) in [6.45, 7) is 2.96. The van der Waals surface area contributed by atoms with Gasteiger partial charge in [-0.25, -0.2) is 0 Å². The fraction of sp³-hybridized carbons (Fsp3) is 1.00. The lowest BCUT2D eigenvalue weighted by molar-refractivity contribution is -0.288. The molecule has 0 amide bonds. The molecule has 1 heterocycles. The molecule has 0 aromatic rings. The van der Waals surface area contributed by atoms with Gasteiger partial charge in [-0.1, -0.05) is 0 Å². The van der Waals surface area contributed by atoms with Crippen molar-refractivity contribution >= 4 is 0 Å². The van der Waals surface area contributed by atoms with Crippen LogP contribution in [0.3, 0.4) is 0 Å². The number of ether oxygens (including phenoxy) is 1. The molecule has 0 saturated carbocycles. The van der Waals surface area contributed by atoms with Crippen molar-refractivity contribution in [3.8, 4) is 0 Å². The van der Waals surface area contributed by atoms with Crippen LogP contribution in [0.1, 0.15) is 20.3 Å². The quantitative estimate of drug-likeness (QED) is 0.409. The van der Waals surface area contributed by atoms with Gasteiger partial charge in [0.05, 0.1) is 12.2 Å². The predicted molar refractivity (Wildman–Crippen MR) is 43.8 cm³/mol. The van der Waals surface area contributed by atoms with E-state index in [2.05, 4.69) is 0 Å². The SMILES string of the molecule is C[C@@H](O)[C@@]1(O)C[C@@H](O)[C@H](O)O[C@@H]1C. The lowest BCUT2D eigenvalue weighted by atomic mass is 9.84. The van der Waals surface area contributed by atoms with E-state index in [1.807, 2.05) is 0 Å². The van der Waals surface area contributed by atoms with Crippen molar-refractivity contribution in [3.05, 3.63) is 0 Å². The summed E-state index contributed by atoms with van der Waals surface area (Å²) in [5.74, 6) is 0. The second kappa shape index (κ2) is 3.51. The van der Waals surface area contributed by atoms with E-state index < -0.39 is 30.2 Å². The van der Waals surface area contributed by atoms with Crippen molar-refractivity contribution in [1.82, 2.24) is 0 Å². The van der Waals surface area contributed by atoms with Crippen molar-refractivity contribution in [1.29, 1.82) is 0 Å². The summed E-state index contributed by atoms with van der Waals surface area (Å²) >= 11 is 0. The molecule has 1 rings (SSSR count). The van der Waals surface area contributed by atoms with E-state index in [0.29, 0.717) is 0 Å². The summed E-state index contributed by atoms with van der Waals surface area (Å²) in [6.07, 6.45) is -4.24. The molecule has 5 nitrogen and oxygen atoms in total. The molecule has 78 valence electrons. The molecule has 1 fully saturated rings. The van der Waals surface area contributed by atoms with Crippen LogP contribution in [0.15, 0.2) is 0 Å². The lowest BCUT2D eigenvalue weighted by Gasteiger charge is -2.43. The molecule has 1 aliphatic rings. The highest BCUT2D eigenvalue weighted by atomic mass is 16.6. The van der Waals surface area contributed by atoms with Gasteiger partial charge in [0.2, 0.25) is 0 Å². The molecular weight excluding hydrogens is 176 g/mol. The summed E-state index contributed by atoms with van der Waals surface area (Å²) < 4.78 is 4.87. The first-order valence-electron chi connectivity index (χ1n) is 4.30. The highest BCUT2D eigenvalue weighted by molar-refractivity contribution is 4.95. The van der Waals surface area contributed by atoms with Crippen LogP contribution in [0.2, 0.25) is 0 Å². The first kappa shape index (κ1) is 10.9. The largest absolute Gasteiger partial charge is 0.390 e. The van der Waals surface area contributed by atoms with Crippen LogP contribution < -0.4 is 0 Å². The molecule has 0 aromatic carbocycles. The summed E-state index contributed by atoms with van der Waals surface area (Å²) in [6, 6.07) is 0. The Morgan fingerprint density at radius 1 is 1.46 bits per heavy atom. The van der Waals surface area contributed by atoms with Crippen LogP contribution >= 0.6 is 0 Å². The Hall–Kier alpha value is -0.200. The maximum absolute atomic E-state index is 9.86. The second-order valence-electron chi connectivity index (χ2n) is 3.61. The Morgan fingerprint density at radius 2 is 2.00 bits per heavy atom. The van der Waals surface area contributed by atoms with Crippen molar-refractivity contribution < 1.29 is 25.2 Å². The molecule has 0 radical (unpaired) electrons. The van der Waals surface area contributed by atoms with Crippen LogP contribution in [0.4, 0.5) is 0 Å². The van der Waals surface area contributed by atoms with Crippen molar-refractivity contribution in [2.24, 2.45) is 0 Å². The fourth-order valence-electron chi connectivity index (χ4n) is 1.53. The van der Waals surface area contributed by atoms with E-state index in [0.717, 1.165) is 0 Å². The Balaban J connectivity index is 2.76. The van der Waals surface area contributed by atoms with Crippen molar-refractivity contribution in [3.63, 3.8) is 0 Å². The van der Waals surface area contributed by atoms with Gasteiger partial charge in [0.25, 0.3) is 0 Å². The average molecular weight is 192 g/mol. The molecule has 0 unspecified atom stereocenters. The maximum Gasteiger partial charge on any atom is 0.181 e. The zero-order chi connectivity index (χ0) is 10.2. The van der Waals surface area contributed by atoms with Gasteiger partial charge in [-0.05, 0) is 13.8 Å². The minimum Gasteiger partial charge on any atom is -0.390 e. The Morgan fingerprint density at radius 3 is 2.46 bits per heavy atom. The summed E-state index contributed by atoms with van der Waals surface area (Å²) in [7, 11) is 0. The normalized spacial score (nSPS) is 48.9. The van der Waals surface area contributed by atoms with Gasteiger partial charge in [0, 0.05) is 6.42 Å². The molecule has 0 aliphatic carbocycles. The minimum atomic E-state index is -1.49. The van der Waals surface area contributed by atoms with Crippen molar-refractivity contribution in [2.45, 2.75) is 50.5 Å². The van der Waals surface area contributed by atoms with E-state index in [1.54, 1.807) is 6.92 Å². The third-order valence-corrected chi connectivity index (χ3v) is 2.64. The van der Waals surface area contributed by atoms with Gasteiger partial charge >= 0.3 is 0 Å². The minimum absolute atomic E-state index is 0.0903. The second-order valence-corrected chi connectivity index (χ2v) is 3.61. The monoisotopic (exact) mass is 192 g/mol. The summed E-state index contributed by atoms with van der Waals surface area (Å²) in [5.41, 5.74) is -1.49. The molecule has 1 saturated heterocycles. The number of aliphatic hydroxyl groups is 4. The Bertz CT molecular complexity index is 183. The number of hydrogen-bond acceptors (Lipinski definition) is 5. The van der Waals surface area contributed by atoms with Crippen LogP contribution in [-0.2, 0) is 4.74 Å². The molecule has 4 N–H and O–H groups in total. The fourth-order valence-corrected chi connectivity index (χ4v) is 1.53. The first-order chi connectivity index (χ1) is 5.88. The molecule has 1 aliphatic heterocycles. The van der Waals surface area contributed by atoms with Gasteiger partial charge in [0.1, 0.15) is 11.7 Å². The lowest BCUT2D eigenvalue weighted by Crippen LogP contribution is -2.59. The highest BCUT2D eigenvalue weighted by Gasteiger charge is 2.47. The van der Waals surface area contributed by atoms with E-state index in [9.17, 15) is 15.3 Å². The first-order valence-corrected chi connectivity index (χ1v) is 4.30. The molecule has 0 bridgehead atoms. The summed E-state index contributed by atoms with van der Waals surface area (Å²) in [5, 5.41) is 37.5. The zero-order valence-corrected chi connectivity index (χ0v) is 7.71. The highest BCUT2D eigenvalue weighted by Crippen LogP contribution is 2.31. The number of aliphatic hydroxyl groups excluding tert-OH is 3. The Kier molecular flexibility index (Phi) is 2.94.